The van der Waals surface area contributed by atoms with Crippen LogP contribution in [0.5, 0.6) is 0 Å². The molecule has 292 valence electrons. The van der Waals surface area contributed by atoms with E-state index in [4.69, 9.17) is 15.0 Å². The first kappa shape index (κ1) is 36.7. The Labute approximate surface area is 360 Å². The third-order valence-electron chi connectivity index (χ3n) is 11.5. The second-order valence-electron chi connectivity index (χ2n) is 15.3. The summed E-state index contributed by atoms with van der Waals surface area (Å²) in [5, 5.41) is 2.26. The lowest BCUT2D eigenvalue weighted by Crippen LogP contribution is -2.09. The van der Waals surface area contributed by atoms with E-state index >= 15 is 0 Å². The third-order valence-corrected chi connectivity index (χ3v) is 11.5. The van der Waals surface area contributed by atoms with Gasteiger partial charge < -0.3 is 4.90 Å². The van der Waals surface area contributed by atoms with Gasteiger partial charge in [0.1, 0.15) is 0 Å². The molecule has 2 aromatic heterocycles. The summed E-state index contributed by atoms with van der Waals surface area (Å²) in [6, 6.07) is 82.8. The molecule has 0 fully saturated rings. The number of nitrogens with zero attached hydrogens (tertiary/aromatic N) is 5. The molecule has 0 N–H and O–H groups in total. The monoisotopic (exact) mass is 793 g/mol. The largest absolute Gasteiger partial charge is 0.311 e. The van der Waals surface area contributed by atoms with Gasteiger partial charge in [0.25, 0.3) is 0 Å². The minimum Gasteiger partial charge on any atom is -0.311 e. The van der Waals surface area contributed by atoms with Crippen LogP contribution >= 0.6 is 0 Å². The van der Waals surface area contributed by atoms with E-state index in [-0.39, 0.29) is 0 Å². The summed E-state index contributed by atoms with van der Waals surface area (Å²) < 4.78 is 2.19. The summed E-state index contributed by atoms with van der Waals surface area (Å²) in [7, 11) is 0. The van der Waals surface area contributed by atoms with Gasteiger partial charge in [-0.25, -0.2) is 4.98 Å². The predicted molar refractivity (Wildman–Crippen MR) is 256 cm³/mol. The second-order valence-corrected chi connectivity index (χ2v) is 15.3. The molecule has 0 unspecified atom stereocenters. The highest BCUT2D eigenvalue weighted by Crippen LogP contribution is 2.38. The lowest BCUT2D eigenvalue weighted by Gasteiger charge is -2.25. The van der Waals surface area contributed by atoms with E-state index in [1.54, 1.807) is 0 Å². The van der Waals surface area contributed by atoms with E-state index in [0.29, 0.717) is 17.6 Å². The normalized spacial score (nSPS) is 11.2. The minimum atomic E-state index is 0.560. The van der Waals surface area contributed by atoms with Crippen LogP contribution in [0.2, 0.25) is 0 Å². The molecule has 0 saturated heterocycles. The summed E-state index contributed by atoms with van der Waals surface area (Å²) in [5.41, 5.74) is 14.0. The molecule has 11 rings (SSSR count). The van der Waals surface area contributed by atoms with Crippen LogP contribution in [0.25, 0.3) is 83.9 Å². The van der Waals surface area contributed by atoms with Crippen molar-refractivity contribution in [2.75, 3.05) is 4.90 Å². The fourth-order valence-corrected chi connectivity index (χ4v) is 8.38. The smallest absolute Gasteiger partial charge is 0.238 e. The molecule has 0 spiro atoms. The molecule has 9 aromatic carbocycles. The summed E-state index contributed by atoms with van der Waals surface area (Å²) in [5.74, 6) is 1.77. The van der Waals surface area contributed by atoms with Gasteiger partial charge in [-0.15, -0.1) is 0 Å². The molecule has 0 saturated carbocycles. The van der Waals surface area contributed by atoms with Gasteiger partial charge in [-0.1, -0.05) is 188 Å². The molecular formula is C57H39N5. The van der Waals surface area contributed by atoms with Crippen molar-refractivity contribution in [3.05, 3.63) is 237 Å². The molecule has 0 radical (unpaired) electrons. The molecule has 0 atom stereocenters. The van der Waals surface area contributed by atoms with Crippen LogP contribution < -0.4 is 4.90 Å². The lowest BCUT2D eigenvalue weighted by molar-refractivity contribution is 0.953. The zero-order valence-electron chi connectivity index (χ0n) is 33.8. The van der Waals surface area contributed by atoms with E-state index in [1.165, 1.54) is 0 Å². The molecule has 11 aromatic rings. The average molecular weight is 794 g/mol. The first-order valence-corrected chi connectivity index (χ1v) is 20.9. The van der Waals surface area contributed by atoms with Crippen molar-refractivity contribution in [3.63, 3.8) is 0 Å². The second kappa shape index (κ2) is 16.0. The van der Waals surface area contributed by atoms with Gasteiger partial charge in [-0.3, -0.25) is 4.57 Å². The Kier molecular flexibility index (Phi) is 9.45. The Balaban J connectivity index is 1.04. The maximum Gasteiger partial charge on any atom is 0.238 e. The van der Waals surface area contributed by atoms with Gasteiger partial charge in [0, 0.05) is 39.0 Å². The Hall–Kier alpha value is -8.41. The third kappa shape index (κ3) is 6.97. The van der Waals surface area contributed by atoms with Crippen LogP contribution in [-0.2, 0) is 0 Å². The number of fused-ring (bicyclic) bond motifs is 3. The minimum absolute atomic E-state index is 0.560. The predicted octanol–water partition coefficient (Wildman–Crippen LogP) is 14.8. The molecule has 5 nitrogen and oxygen atoms in total. The molecule has 2 heterocycles. The van der Waals surface area contributed by atoms with E-state index < -0.39 is 0 Å². The number of aromatic nitrogens is 4. The molecule has 5 heteroatoms. The van der Waals surface area contributed by atoms with E-state index in [2.05, 4.69) is 234 Å². The van der Waals surface area contributed by atoms with E-state index in [0.717, 1.165) is 83.4 Å². The Bertz CT molecular complexity index is 3150. The molecule has 0 aliphatic heterocycles. The summed E-state index contributed by atoms with van der Waals surface area (Å²) in [4.78, 5) is 18.0. The van der Waals surface area contributed by atoms with Crippen molar-refractivity contribution < 1.29 is 0 Å². The fourth-order valence-electron chi connectivity index (χ4n) is 8.38. The van der Waals surface area contributed by atoms with Crippen molar-refractivity contribution >= 4 is 38.9 Å². The number of benzene rings is 9. The zero-order valence-corrected chi connectivity index (χ0v) is 33.8. The molecule has 0 aliphatic rings. The lowest BCUT2D eigenvalue weighted by atomic mass is 10.0. The van der Waals surface area contributed by atoms with Crippen LogP contribution in [0.15, 0.2) is 237 Å². The fraction of sp³-hybridized carbons (Fsp3) is 0. The number of hydrogen-bond acceptors (Lipinski definition) is 4. The van der Waals surface area contributed by atoms with Gasteiger partial charge in [-0.05, 0) is 81.9 Å². The van der Waals surface area contributed by atoms with Crippen LogP contribution in [0.3, 0.4) is 0 Å². The number of anilines is 3. The summed E-state index contributed by atoms with van der Waals surface area (Å²) >= 11 is 0. The zero-order chi connectivity index (χ0) is 41.2. The van der Waals surface area contributed by atoms with E-state index in [1.807, 2.05) is 12.1 Å². The molecule has 0 amide bonds. The highest BCUT2D eigenvalue weighted by molar-refractivity contribution is 6.10. The molecule has 62 heavy (non-hydrogen) atoms. The number of hydrogen-bond donors (Lipinski definition) is 0. The molecule has 0 bridgehead atoms. The van der Waals surface area contributed by atoms with Crippen molar-refractivity contribution in [1.29, 1.82) is 0 Å². The molecule has 0 aliphatic carbocycles. The number of para-hydroxylation sites is 3. The maximum absolute atomic E-state index is 5.27. The van der Waals surface area contributed by atoms with Crippen LogP contribution in [0, 0.1) is 0 Å². The number of rotatable bonds is 9. The molecular weight excluding hydrogens is 755 g/mol. The van der Waals surface area contributed by atoms with Gasteiger partial charge in [0.2, 0.25) is 5.95 Å². The summed E-state index contributed by atoms with van der Waals surface area (Å²) in [6.45, 7) is 0. The Morgan fingerprint density at radius 3 is 1.18 bits per heavy atom. The van der Waals surface area contributed by atoms with Crippen LogP contribution in [0.1, 0.15) is 0 Å². The van der Waals surface area contributed by atoms with E-state index in [9.17, 15) is 0 Å². The standard InChI is InChI=1S/C57H39N5/c1-5-15-40(16-6-1)42-25-29-45(30-26-42)55-58-56(46-31-27-43(28-32-46)41-17-7-2-8-18-41)60-57(59-55)62-53-24-14-13-23-51(53)52-38-35-47(39-54(52)62)44-33-36-50(37-34-44)61(48-19-9-3-10-20-48)49-21-11-4-12-22-49/h1-39H. The topological polar surface area (TPSA) is 46.8 Å². The Morgan fingerprint density at radius 1 is 0.274 bits per heavy atom. The highest BCUT2D eigenvalue weighted by atomic mass is 15.2. The first-order valence-electron chi connectivity index (χ1n) is 20.9. The quantitative estimate of drug-likeness (QED) is 0.146. The van der Waals surface area contributed by atoms with Gasteiger partial charge in [0.15, 0.2) is 11.6 Å². The van der Waals surface area contributed by atoms with Crippen molar-refractivity contribution in [1.82, 2.24) is 19.5 Å². The van der Waals surface area contributed by atoms with Crippen molar-refractivity contribution in [3.8, 4) is 62.1 Å². The van der Waals surface area contributed by atoms with Crippen molar-refractivity contribution in [2.24, 2.45) is 0 Å². The maximum atomic E-state index is 5.27. The van der Waals surface area contributed by atoms with Gasteiger partial charge >= 0.3 is 0 Å². The van der Waals surface area contributed by atoms with Crippen LogP contribution in [0.4, 0.5) is 17.1 Å². The highest BCUT2D eigenvalue weighted by Gasteiger charge is 2.19. The van der Waals surface area contributed by atoms with Gasteiger partial charge in [-0.2, -0.15) is 9.97 Å². The van der Waals surface area contributed by atoms with Crippen LogP contribution in [-0.4, -0.2) is 19.5 Å². The SMILES string of the molecule is c1ccc(-c2ccc(-c3nc(-c4ccc(-c5ccccc5)cc4)nc(-n4c5ccccc5c5ccc(-c6ccc(N(c7ccccc7)c7ccccc7)cc6)cc54)n3)cc2)cc1. The average Bonchev–Trinajstić information content (AvgIpc) is 3.69. The Morgan fingerprint density at radius 2 is 0.645 bits per heavy atom. The summed E-state index contributed by atoms with van der Waals surface area (Å²) in [6.07, 6.45) is 0. The first-order chi connectivity index (χ1) is 30.7. The van der Waals surface area contributed by atoms with Crippen molar-refractivity contribution in [2.45, 2.75) is 0 Å². The van der Waals surface area contributed by atoms with Gasteiger partial charge in [0.05, 0.1) is 11.0 Å².